The molecule has 4 aromatic rings. The first-order valence-corrected chi connectivity index (χ1v) is 12.3. The molecule has 2 heterocycles. The van der Waals surface area contributed by atoms with E-state index in [0.717, 1.165) is 16.7 Å². The van der Waals surface area contributed by atoms with Crippen LogP contribution in [0.1, 0.15) is 22.3 Å². The molecule has 0 spiro atoms. The van der Waals surface area contributed by atoms with E-state index in [9.17, 15) is 14.4 Å². The van der Waals surface area contributed by atoms with Gasteiger partial charge >= 0.3 is 0 Å². The Morgan fingerprint density at radius 3 is 2.26 bits per heavy atom. The summed E-state index contributed by atoms with van der Waals surface area (Å²) in [4.78, 5) is 46.0. The number of pyridine rings is 2. The molecule has 9 nitrogen and oxygen atoms in total. The average molecular weight is 522 g/mol. The van der Waals surface area contributed by atoms with Gasteiger partial charge in [-0.1, -0.05) is 24.3 Å². The molecule has 0 atom stereocenters. The Morgan fingerprint density at radius 1 is 0.821 bits per heavy atom. The van der Waals surface area contributed by atoms with Crippen molar-refractivity contribution in [2.45, 2.75) is 12.8 Å². The molecule has 0 saturated heterocycles. The van der Waals surface area contributed by atoms with E-state index < -0.39 is 0 Å². The molecule has 1 radical (unpaired) electrons. The van der Waals surface area contributed by atoms with Gasteiger partial charge in [-0.2, -0.15) is 0 Å². The number of carbonyl (C=O) groups is 3. The zero-order valence-corrected chi connectivity index (χ0v) is 21.8. The fourth-order valence-corrected chi connectivity index (χ4v) is 3.87. The summed E-state index contributed by atoms with van der Waals surface area (Å²) in [7, 11) is 3.45. The van der Waals surface area contributed by atoms with Crippen LogP contribution in [0.5, 0.6) is 0 Å². The van der Waals surface area contributed by atoms with Crippen LogP contribution in [-0.4, -0.2) is 46.7 Å². The van der Waals surface area contributed by atoms with Gasteiger partial charge in [0.1, 0.15) is 5.82 Å². The lowest BCUT2D eigenvalue weighted by molar-refractivity contribution is -0.116. The highest BCUT2D eigenvalue weighted by Crippen LogP contribution is 2.23. The molecule has 197 valence electrons. The highest BCUT2D eigenvalue weighted by molar-refractivity contribution is 5.95. The molecule has 0 aliphatic carbocycles. The molecule has 4 rings (SSSR count). The van der Waals surface area contributed by atoms with E-state index in [1.165, 1.54) is 0 Å². The first kappa shape index (κ1) is 27.0. The zero-order chi connectivity index (χ0) is 27.8. The van der Waals surface area contributed by atoms with Crippen LogP contribution >= 0.6 is 0 Å². The first-order chi connectivity index (χ1) is 18.8. The maximum atomic E-state index is 12.5. The molecule has 0 fully saturated rings. The largest absolute Gasteiger partial charge is 0.345 e. The third kappa shape index (κ3) is 7.72. The van der Waals surface area contributed by atoms with Crippen LogP contribution < -0.4 is 16.0 Å². The van der Waals surface area contributed by atoms with Gasteiger partial charge in [0, 0.05) is 50.5 Å². The van der Waals surface area contributed by atoms with Gasteiger partial charge in [0.2, 0.25) is 11.8 Å². The van der Waals surface area contributed by atoms with Gasteiger partial charge in [0.25, 0.3) is 5.91 Å². The van der Waals surface area contributed by atoms with E-state index >= 15 is 0 Å². The van der Waals surface area contributed by atoms with E-state index in [4.69, 9.17) is 0 Å². The normalized spacial score (nSPS) is 10.4. The molecule has 3 amide bonds. The number of benzene rings is 2. The Kier molecular flexibility index (Phi) is 8.63. The topological polar surface area (TPSA) is 116 Å². The fourth-order valence-electron chi connectivity index (χ4n) is 3.87. The summed E-state index contributed by atoms with van der Waals surface area (Å²) >= 11 is 0. The Morgan fingerprint density at radius 2 is 1.56 bits per heavy atom. The van der Waals surface area contributed by atoms with Crippen molar-refractivity contribution in [2.24, 2.45) is 0 Å². The van der Waals surface area contributed by atoms with Crippen LogP contribution in [0.2, 0.25) is 0 Å². The molecular weight excluding hydrogens is 492 g/mol. The molecule has 0 aliphatic heterocycles. The van der Waals surface area contributed by atoms with Gasteiger partial charge in [0.15, 0.2) is 0 Å². The van der Waals surface area contributed by atoms with Crippen molar-refractivity contribution in [2.75, 3.05) is 30.0 Å². The molecule has 2 aromatic carbocycles. The number of anilines is 4. The molecule has 0 aliphatic rings. The number of carbonyl (C=O) groups excluding carboxylic acids is 3. The lowest BCUT2D eigenvalue weighted by Crippen LogP contribution is -2.21. The van der Waals surface area contributed by atoms with E-state index in [0.29, 0.717) is 34.9 Å². The molecule has 0 bridgehead atoms. The number of nitrogens with one attached hydrogen (secondary N) is 3. The number of aryl methyl sites for hydroxylation is 1. The van der Waals surface area contributed by atoms with Crippen molar-refractivity contribution < 1.29 is 14.4 Å². The monoisotopic (exact) mass is 521 g/mol. The third-order valence-corrected chi connectivity index (χ3v) is 5.78. The van der Waals surface area contributed by atoms with E-state index in [1.807, 2.05) is 42.5 Å². The van der Waals surface area contributed by atoms with E-state index in [-0.39, 0.29) is 24.1 Å². The second-order valence-corrected chi connectivity index (χ2v) is 9.09. The molecule has 39 heavy (non-hydrogen) atoms. The molecular formula is C30H29N6O3. The number of aromatic nitrogens is 2. The van der Waals surface area contributed by atoms with Crippen LogP contribution in [0.15, 0.2) is 85.3 Å². The Bertz CT molecular complexity index is 1470. The number of rotatable bonds is 9. The predicted molar refractivity (Wildman–Crippen MR) is 153 cm³/mol. The summed E-state index contributed by atoms with van der Waals surface area (Å²) in [6, 6.07) is 20.3. The number of hydrogen-bond acceptors (Lipinski definition) is 6. The summed E-state index contributed by atoms with van der Waals surface area (Å²) < 4.78 is 0. The summed E-state index contributed by atoms with van der Waals surface area (Å²) in [6.07, 6.45) is 5.76. The minimum Gasteiger partial charge on any atom is -0.345 e. The molecule has 0 unspecified atom stereocenters. The summed E-state index contributed by atoms with van der Waals surface area (Å²) in [5.74, 6) is 0.0397. The number of amides is 3. The maximum Gasteiger partial charge on any atom is 0.253 e. The van der Waals surface area contributed by atoms with E-state index in [1.54, 1.807) is 61.9 Å². The highest BCUT2D eigenvalue weighted by atomic mass is 16.2. The smallest absolute Gasteiger partial charge is 0.253 e. The van der Waals surface area contributed by atoms with Crippen molar-refractivity contribution in [3.05, 3.63) is 103 Å². The highest BCUT2D eigenvalue weighted by Gasteiger charge is 2.09. The van der Waals surface area contributed by atoms with Crippen LogP contribution in [0.3, 0.4) is 0 Å². The Balaban J connectivity index is 1.32. The SMILES string of the molecule is [CH2]C(=O)Nc1cccc(CCC(=O)Nc2cncc(Nc3ccc(-c4ccc(C(=O)N(C)C)cc4)cn3)c2)c1. The fraction of sp³-hybridized carbons (Fsp3) is 0.133. The predicted octanol–water partition coefficient (Wildman–Crippen LogP) is 4.93. The number of nitrogens with zero attached hydrogens (tertiary/aromatic N) is 3. The molecule has 2 aromatic heterocycles. The summed E-state index contributed by atoms with van der Waals surface area (Å²) in [5.41, 5.74) is 5.31. The third-order valence-electron chi connectivity index (χ3n) is 5.78. The van der Waals surface area contributed by atoms with Crippen LogP contribution in [0, 0.1) is 6.92 Å². The first-order valence-electron chi connectivity index (χ1n) is 12.3. The average Bonchev–Trinajstić information content (AvgIpc) is 2.92. The van der Waals surface area contributed by atoms with Gasteiger partial charge in [-0.3, -0.25) is 19.4 Å². The van der Waals surface area contributed by atoms with Gasteiger partial charge in [-0.05, 0) is 60.0 Å². The second-order valence-electron chi connectivity index (χ2n) is 9.09. The number of hydrogen-bond donors (Lipinski definition) is 3. The van der Waals surface area contributed by atoms with Crippen molar-refractivity contribution in [1.29, 1.82) is 0 Å². The maximum absolute atomic E-state index is 12.5. The second kappa shape index (κ2) is 12.5. The van der Waals surface area contributed by atoms with Gasteiger partial charge in [0.05, 0.1) is 23.8 Å². The van der Waals surface area contributed by atoms with Gasteiger partial charge in [-0.25, -0.2) is 4.98 Å². The Labute approximate surface area is 227 Å². The van der Waals surface area contributed by atoms with Gasteiger partial charge in [-0.15, -0.1) is 0 Å². The lowest BCUT2D eigenvalue weighted by atomic mass is 10.1. The standard InChI is InChI=1S/C30H29N6O3/c1-20(37)33-25-6-4-5-21(15-25)7-14-29(38)35-27-16-26(18-31-19-27)34-28-13-12-24(17-32-28)22-8-10-23(11-9-22)30(39)36(2)3/h4-6,8-13,15-19H,1,7,14H2,2-3H3,(H,32,34)(H,33,37)(H,35,38). The van der Waals surface area contributed by atoms with Crippen molar-refractivity contribution in [3.8, 4) is 11.1 Å². The zero-order valence-electron chi connectivity index (χ0n) is 21.8. The van der Waals surface area contributed by atoms with Crippen LogP contribution in [0.25, 0.3) is 11.1 Å². The quantitative estimate of drug-likeness (QED) is 0.288. The minimum atomic E-state index is -0.388. The molecule has 0 saturated carbocycles. The summed E-state index contributed by atoms with van der Waals surface area (Å²) in [5, 5.41) is 8.70. The Hall–Kier alpha value is -5.05. The lowest BCUT2D eigenvalue weighted by Gasteiger charge is -2.11. The van der Waals surface area contributed by atoms with Crippen LogP contribution in [-0.2, 0) is 16.0 Å². The van der Waals surface area contributed by atoms with E-state index in [2.05, 4.69) is 32.8 Å². The van der Waals surface area contributed by atoms with Gasteiger partial charge < -0.3 is 20.9 Å². The van der Waals surface area contributed by atoms with Crippen molar-refractivity contribution in [3.63, 3.8) is 0 Å². The minimum absolute atomic E-state index is 0.0438. The molecule has 9 heteroatoms. The van der Waals surface area contributed by atoms with Crippen molar-refractivity contribution >= 4 is 40.6 Å². The van der Waals surface area contributed by atoms with Crippen molar-refractivity contribution in [1.82, 2.24) is 14.9 Å². The summed E-state index contributed by atoms with van der Waals surface area (Å²) in [6.45, 7) is 3.31. The molecule has 3 N–H and O–H groups in total. The van der Waals surface area contributed by atoms with Crippen LogP contribution in [0.4, 0.5) is 22.9 Å².